The second-order valence-electron chi connectivity index (χ2n) is 3.61. The average Bonchev–Trinajstić information content (AvgIpc) is 2.32. The number of para-hydroxylation sites is 1. The van der Waals surface area contributed by atoms with Crippen molar-refractivity contribution in [3.05, 3.63) is 40.2 Å². The van der Waals surface area contributed by atoms with Gasteiger partial charge in [0.2, 0.25) is 0 Å². The summed E-state index contributed by atoms with van der Waals surface area (Å²) in [5.41, 5.74) is 0.931. The molecule has 0 atom stereocenters. The monoisotopic (exact) mass is 228 g/mol. The zero-order chi connectivity index (χ0) is 12.3. The molecule has 2 aromatic rings. The third-order valence-corrected chi connectivity index (χ3v) is 2.49. The molecular weight excluding hydrogens is 216 g/mol. The average molecular weight is 228 g/mol. The van der Waals surface area contributed by atoms with Crippen molar-refractivity contribution < 1.29 is 4.74 Å². The minimum Gasteiger partial charge on any atom is -0.492 e. The third-order valence-electron chi connectivity index (χ3n) is 2.49. The summed E-state index contributed by atoms with van der Waals surface area (Å²) >= 11 is 0. The smallest absolute Gasteiger partial charge is 0.252 e. The number of fused-ring (bicyclic) bond motifs is 1. The van der Waals surface area contributed by atoms with E-state index in [1.165, 1.54) is 0 Å². The van der Waals surface area contributed by atoms with Gasteiger partial charge in [-0.1, -0.05) is 12.1 Å². The highest BCUT2D eigenvalue weighted by atomic mass is 16.5. The van der Waals surface area contributed by atoms with Gasteiger partial charge in [0, 0.05) is 10.9 Å². The lowest BCUT2D eigenvalue weighted by Gasteiger charge is -2.07. The molecule has 0 unspecified atom stereocenters. The van der Waals surface area contributed by atoms with Gasteiger partial charge >= 0.3 is 0 Å². The predicted molar refractivity (Wildman–Crippen MR) is 65.1 cm³/mol. The minimum absolute atomic E-state index is 0.115. The van der Waals surface area contributed by atoms with Crippen LogP contribution in [0.15, 0.2) is 29.1 Å². The maximum absolute atomic E-state index is 11.7. The zero-order valence-corrected chi connectivity index (χ0v) is 9.49. The molecule has 0 saturated carbocycles. The minimum atomic E-state index is -0.230. The van der Waals surface area contributed by atoms with Gasteiger partial charge in [-0.2, -0.15) is 5.26 Å². The second-order valence-corrected chi connectivity index (χ2v) is 3.61. The van der Waals surface area contributed by atoms with Gasteiger partial charge in [0.1, 0.15) is 5.75 Å². The fourth-order valence-electron chi connectivity index (χ4n) is 1.74. The molecule has 1 aromatic carbocycles. The van der Waals surface area contributed by atoms with Crippen LogP contribution in [0, 0.1) is 11.3 Å². The molecule has 4 heteroatoms. The molecule has 0 saturated heterocycles. The molecule has 0 aliphatic heterocycles. The molecule has 1 N–H and O–H groups in total. The van der Waals surface area contributed by atoms with E-state index in [0.29, 0.717) is 23.4 Å². The van der Waals surface area contributed by atoms with Crippen LogP contribution in [0.2, 0.25) is 0 Å². The molecule has 2 rings (SSSR count). The van der Waals surface area contributed by atoms with Gasteiger partial charge in [0.15, 0.2) is 0 Å². The van der Waals surface area contributed by atoms with E-state index >= 15 is 0 Å². The lowest BCUT2D eigenvalue weighted by Crippen LogP contribution is -2.12. The molecule has 0 aliphatic carbocycles. The molecule has 0 aliphatic rings. The highest BCUT2D eigenvalue weighted by Gasteiger charge is 2.06. The summed E-state index contributed by atoms with van der Waals surface area (Å²) in [6.07, 6.45) is 0.115. The Bertz CT molecular complexity index is 638. The Kier molecular flexibility index (Phi) is 3.10. The molecule has 0 radical (unpaired) electrons. The van der Waals surface area contributed by atoms with Crippen molar-refractivity contribution >= 4 is 10.9 Å². The molecule has 0 bridgehead atoms. The van der Waals surface area contributed by atoms with Crippen molar-refractivity contribution in [2.75, 3.05) is 6.61 Å². The van der Waals surface area contributed by atoms with Crippen molar-refractivity contribution in [1.29, 1.82) is 5.26 Å². The van der Waals surface area contributed by atoms with E-state index in [-0.39, 0.29) is 12.0 Å². The van der Waals surface area contributed by atoms with E-state index in [4.69, 9.17) is 10.00 Å². The van der Waals surface area contributed by atoms with Gasteiger partial charge in [-0.3, -0.25) is 4.79 Å². The van der Waals surface area contributed by atoms with Crippen molar-refractivity contribution in [2.45, 2.75) is 13.3 Å². The number of nitrogens with one attached hydrogen (secondary N) is 1. The number of pyridine rings is 1. The Morgan fingerprint density at radius 3 is 3.00 bits per heavy atom. The maximum Gasteiger partial charge on any atom is 0.252 e. The fourth-order valence-corrected chi connectivity index (χ4v) is 1.74. The summed E-state index contributed by atoms with van der Waals surface area (Å²) in [6.45, 7) is 2.43. The number of hydrogen-bond donors (Lipinski definition) is 1. The Labute approximate surface area is 98.5 Å². The summed E-state index contributed by atoms with van der Waals surface area (Å²) in [5.74, 6) is 0.658. The number of H-pyrrole nitrogens is 1. The Morgan fingerprint density at radius 2 is 2.29 bits per heavy atom. The molecule has 1 heterocycles. The highest BCUT2D eigenvalue weighted by molar-refractivity contribution is 5.84. The molecule has 86 valence electrons. The van der Waals surface area contributed by atoms with Crippen molar-refractivity contribution in [1.82, 2.24) is 4.98 Å². The molecule has 1 aromatic heterocycles. The predicted octanol–water partition coefficient (Wildman–Crippen LogP) is 1.99. The number of aromatic nitrogens is 1. The van der Waals surface area contributed by atoms with Crippen LogP contribution in [0.1, 0.15) is 12.5 Å². The first-order valence-electron chi connectivity index (χ1n) is 5.41. The molecule has 0 fully saturated rings. The molecule has 17 heavy (non-hydrogen) atoms. The van der Waals surface area contributed by atoms with E-state index in [2.05, 4.69) is 4.98 Å². The molecule has 4 nitrogen and oxygen atoms in total. The lowest BCUT2D eigenvalue weighted by molar-refractivity contribution is 0.343. The van der Waals surface area contributed by atoms with Gasteiger partial charge < -0.3 is 9.72 Å². The van der Waals surface area contributed by atoms with Gasteiger partial charge in [-0.15, -0.1) is 0 Å². The summed E-state index contributed by atoms with van der Waals surface area (Å²) < 4.78 is 5.44. The van der Waals surface area contributed by atoms with Crippen molar-refractivity contribution in [2.24, 2.45) is 0 Å². The van der Waals surface area contributed by atoms with E-state index in [0.717, 1.165) is 5.39 Å². The van der Waals surface area contributed by atoms with Crippen LogP contribution in [-0.4, -0.2) is 11.6 Å². The van der Waals surface area contributed by atoms with Crippen LogP contribution >= 0.6 is 0 Å². The number of aromatic amines is 1. The normalized spacial score (nSPS) is 10.1. The van der Waals surface area contributed by atoms with Gasteiger partial charge in [0.05, 0.1) is 24.6 Å². The second kappa shape index (κ2) is 4.71. The topological polar surface area (TPSA) is 65.9 Å². The molecule has 0 amide bonds. The number of ether oxygens (including phenoxy) is 1. The number of hydrogen-bond acceptors (Lipinski definition) is 3. The van der Waals surface area contributed by atoms with Crippen LogP contribution in [0.25, 0.3) is 10.9 Å². The maximum atomic E-state index is 11.7. The molecular formula is C13H12N2O2. The number of rotatable bonds is 3. The van der Waals surface area contributed by atoms with E-state index < -0.39 is 0 Å². The van der Waals surface area contributed by atoms with E-state index in [1.807, 2.05) is 31.2 Å². The molecule has 0 spiro atoms. The first kappa shape index (κ1) is 11.2. The Hall–Kier alpha value is -2.28. The first-order chi connectivity index (χ1) is 8.26. The first-order valence-corrected chi connectivity index (χ1v) is 5.41. The van der Waals surface area contributed by atoms with Crippen LogP contribution in [0.3, 0.4) is 0 Å². The van der Waals surface area contributed by atoms with Crippen LogP contribution in [0.4, 0.5) is 0 Å². The lowest BCUT2D eigenvalue weighted by atomic mass is 10.1. The van der Waals surface area contributed by atoms with Crippen LogP contribution in [0.5, 0.6) is 5.75 Å². The number of nitrogens with zero attached hydrogens (tertiary/aromatic N) is 1. The quantitative estimate of drug-likeness (QED) is 0.873. The van der Waals surface area contributed by atoms with Crippen LogP contribution in [-0.2, 0) is 6.42 Å². The Morgan fingerprint density at radius 1 is 1.47 bits per heavy atom. The third kappa shape index (κ3) is 2.13. The standard InChI is InChI=1S/C13H12N2O2/c1-2-17-11-5-3-4-9-8-10(6-7-14)13(16)15-12(9)11/h3-5,8H,2,6H2,1H3,(H,15,16). The van der Waals surface area contributed by atoms with E-state index in [1.54, 1.807) is 6.07 Å². The number of benzene rings is 1. The summed E-state index contributed by atoms with van der Waals surface area (Å²) in [7, 11) is 0. The summed E-state index contributed by atoms with van der Waals surface area (Å²) in [4.78, 5) is 14.5. The van der Waals surface area contributed by atoms with Crippen molar-refractivity contribution in [3.63, 3.8) is 0 Å². The number of nitriles is 1. The van der Waals surface area contributed by atoms with Crippen LogP contribution < -0.4 is 10.3 Å². The Balaban J connectivity index is 2.65. The summed E-state index contributed by atoms with van der Waals surface area (Å²) in [6, 6.07) is 9.27. The van der Waals surface area contributed by atoms with Gasteiger partial charge in [-0.25, -0.2) is 0 Å². The highest BCUT2D eigenvalue weighted by Crippen LogP contribution is 2.22. The van der Waals surface area contributed by atoms with Gasteiger partial charge in [0.25, 0.3) is 5.56 Å². The van der Waals surface area contributed by atoms with Crippen molar-refractivity contribution in [3.8, 4) is 11.8 Å². The van der Waals surface area contributed by atoms with E-state index in [9.17, 15) is 4.79 Å². The zero-order valence-electron chi connectivity index (χ0n) is 9.49. The SMILES string of the molecule is CCOc1cccc2cc(CC#N)c(=O)[nH]c12. The summed E-state index contributed by atoms with van der Waals surface area (Å²) in [5, 5.41) is 9.50. The van der Waals surface area contributed by atoms with Gasteiger partial charge in [-0.05, 0) is 19.1 Å². The fraction of sp³-hybridized carbons (Fsp3) is 0.231. The largest absolute Gasteiger partial charge is 0.492 e.